The number of hydrogen-bond acceptors (Lipinski definition) is 4. The minimum Gasteiger partial charge on any atom is -0.370 e. The fraction of sp³-hybridized carbons (Fsp3) is 0.600. The maximum absolute atomic E-state index is 11.2. The summed E-state index contributed by atoms with van der Waals surface area (Å²) < 4.78 is 0. The van der Waals surface area contributed by atoms with Gasteiger partial charge in [0.05, 0.1) is 0 Å². The third-order valence-electron chi connectivity index (χ3n) is 2.03. The van der Waals surface area contributed by atoms with Crippen LogP contribution in [-0.2, 0) is 6.42 Å². The lowest BCUT2D eigenvalue weighted by Gasteiger charge is -2.08. The third-order valence-corrected chi connectivity index (χ3v) is 2.03. The molecule has 0 saturated heterocycles. The first kappa shape index (κ1) is 11.7. The van der Waals surface area contributed by atoms with Gasteiger partial charge < -0.3 is 16.0 Å². The van der Waals surface area contributed by atoms with E-state index in [9.17, 15) is 4.79 Å². The molecule has 0 spiro atoms. The highest BCUT2D eigenvalue weighted by Gasteiger charge is 1.99. The van der Waals surface area contributed by atoms with Crippen LogP contribution in [0.2, 0.25) is 0 Å². The van der Waals surface area contributed by atoms with Crippen molar-refractivity contribution in [2.75, 3.05) is 11.9 Å². The maximum atomic E-state index is 11.2. The quantitative estimate of drug-likeness (QED) is 0.660. The van der Waals surface area contributed by atoms with E-state index >= 15 is 0 Å². The van der Waals surface area contributed by atoms with Gasteiger partial charge in [-0.25, -0.2) is 4.98 Å². The van der Waals surface area contributed by atoms with Crippen LogP contribution in [0.5, 0.6) is 0 Å². The molecule has 0 fully saturated rings. The molecule has 4 N–H and O–H groups in total. The Bertz CT molecular complexity index is 359. The van der Waals surface area contributed by atoms with Crippen LogP contribution in [0.15, 0.2) is 10.9 Å². The predicted octanol–water partition coefficient (Wildman–Crippen LogP) is 0.481. The fourth-order valence-electron chi connectivity index (χ4n) is 1.19. The smallest absolute Gasteiger partial charge is 0.252 e. The highest BCUT2D eigenvalue weighted by molar-refractivity contribution is 5.32. The van der Waals surface area contributed by atoms with Gasteiger partial charge >= 0.3 is 0 Å². The lowest BCUT2D eigenvalue weighted by Crippen LogP contribution is -2.20. The number of H-pyrrole nitrogens is 1. The molecule has 0 radical (unpaired) electrons. The van der Waals surface area contributed by atoms with Crippen molar-refractivity contribution in [3.8, 4) is 0 Å². The average Bonchev–Trinajstić information content (AvgIpc) is 2.16. The van der Waals surface area contributed by atoms with Gasteiger partial charge in [0.15, 0.2) is 0 Å². The SMILES string of the molecule is CCc1nc(NCCC(C)N)cc(=O)[nH]1. The molecule has 0 aliphatic heterocycles. The van der Waals surface area contributed by atoms with Gasteiger partial charge in [-0.15, -0.1) is 0 Å². The lowest BCUT2D eigenvalue weighted by molar-refractivity contribution is 0.688. The summed E-state index contributed by atoms with van der Waals surface area (Å²) >= 11 is 0. The zero-order chi connectivity index (χ0) is 11.3. The molecular weight excluding hydrogens is 192 g/mol. The Labute approximate surface area is 89.1 Å². The maximum Gasteiger partial charge on any atom is 0.252 e. The normalized spacial score (nSPS) is 12.5. The van der Waals surface area contributed by atoms with Crippen LogP contribution in [0.4, 0.5) is 5.82 Å². The average molecular weight is 210 g/mol. The van der Waals surface area contributed by atoms with Gasteiger partial charge in [0.2, 0.25) is 0 Å². The zero-order valence-electron chi connectivity index (χ0n) is 9.21. The van der Waals surface area contributed by atoms with E-state index in [1.807, 2.05) is 13.8 Å². The Morgan fingerprint density at radius 1 is 1.67 bits per heavy atom. The van der Waals surface area contributed by atoms with Crippen LogP contribution in [0.25, 0.3) is 0 Å². The van der Waals surface area contributed by atoms with E-state index in [2.05, 4.69) is 15.3 Å². The van der Waals surface area contributed by atoms with Crippen molar-refractivity contribution in [3.63, 3.8) is 0 Å². The summed E-state index contributed by atoms with van der Waals surface area (Å²) in [6, 6.07) is 1.62. The van der Waals surface area contributed by atoms with Crippen LogP contribution in [0.3, 0.4) is 0 Å². The first-order chi connectivity index (χ1) is 7.11. The number of hydrogen-bond donors (Lipinski definition) is 3. The Kier molecular flexibility index (Phi) is 4.30. The molecule has 1 aromatic rings. The van der Waals surface area contributed by atoms with Crippen molar-refractivity contribution in [1.82, 2.24) is 9.97 Å². The molecule has 0 saturated carbocycles. The predicted molar refractivity (Wildman–Crippen MR) is 61.0 cm³/mol. The molecule has 0 amide bonds. The minimum absolute atomic E-state index is 0.120. The van der Waals surface area contributed by atoms with Gasteiger partial charge in [0.1, 0.15) is 11.6 Å². The summed E-state index contributed by atoms with van der Waals surface area (Å²) in [5, 5.41) is 3.08. The van der Waals surface area contributed by atoms with E-state index in [1.54, 1.807) is 0 Å². The Morgan fingerprint density at radius 2 is 2.40 bits per heavy atom. The fourth-order valence-corrected chi connectivity index (χ4v) is 1.19. The van der Waals surface area contributed by atoms with Crippen LogP contribution >= 0.6 is 0 Å². The van der Waals surface area contributed by atoms with Gasteiger partial charge in [-0.1, -0.05) is 6.92 Å². The van der Waals surface area contributed by atoms with Gasteiger partial charge in [-0.2, -0.15) is 0 Å². The van der Waals surface area contributed by atoms with E-state index in [1.165, 1.54) is 6.07 Å². The Hall–Kier alpha value is -1.36. The summed E-state index contributed by atoms with van der Waals surface area (Å²) in [6.45, 7) is 4.63. The number of aromatic amines is 1. The molecule has 84 valence electrons. The second-order valence-electron chi connectivity index (χ2n) is 3.62. The molecule has 1 rings (SSSR count). The second-order valence-corrected chi connectivity index (χ2v) is 3.62. The van der Waals surface area contributed by atoms with Gasteiger partial charge in [0.25, 0.3) is 5.56 Å². The van der Waals surface area contributed by atoms with Crippen molar-refractivity contribution < 1.29 is 0 Å². The molecule has 5 nitrogen and oxygen atoms in total. The van der Waals surface area contributed by atoms with Crippen molar-refractivity contribution in [2.45, 2.75) is 32.7 Å². The van der Waals surface area contributed by atoms with Gasteiger partial charge in [-0.3, -0.25) is 4.79 Å². The van der Waals surface area contributed by atoms with Crippen molar-refractivity contribution >= 4 is 5.82 Å². The molecule has 1 unspecified atom stereocenters. The number of rotatable bonds is 5. The molecular formula is C10H18N4O. The van der Waals surface area contributed by atoms with E-state index in [0.717, 1.165) is 19.4 Å². The first-order valence-electron chi connectivity index (χ1n) is 5.21. The number of nitrogens with one attached hydrogen (secondary N) is 2. The first-order valence-corrected chi connectivity index (χ1v) is 5.21. The standard InChI is InChI=1S/C10H18N4O/c1-3-8-13-9(6-10(15)14-8)12-5-4-7(2)11/h6-7H,3-5,11H2,1-2H3,(H2,12,13,14,15). The third kappa shape index (κ3) is 4.12. The number of anilines is 1. The molecule has 1 heterocycles. The molecule has 0 aromatic carbocycles. The topological polar surface area (TPSA) is 83.8 Å². The summed E-state index contributed by atoms with van der Waals surface area (Å²) in [5.74, 6) is 1.32. The number of aromatic nitrogens is 2. The van der Waals surface area contributed by atoms with Gasteiger partial charge in [-0.05, 0) is 13.3 Å². The Balaban J connectivity index is 2.60. The molecule has 5 heteroatoms. The van der Waals surface area contributed by atoms with Crippen molar-refractivity contribution in [1.29, 1.82) is 0 Å². The molecule has 0 aliphatic carbocycles. The lowest BCUT2D eigenvalue weighted by atomic mass is 10.2. The summed E-state index contributed by atoms with van der Waals surface area (Å²) in [7, 11) is 0. The zero-order valence-corrected chi connectivity index (χ0v) is 9.21. The molecule has 0 bridgehead atoms. The minimum atomic E-state index is -0.120. The number of aryl methyl sites for hydroxylation is 1. The van der Waals surface area contributed by atoms with E-state index < -0.39 is 0 Å². The van der Waals surface area contributed by atoms with Crippen molar-refractivity contribution in [2.24, 2.45) is 5.73 Å². The highest BCUT2D eigenvalue weighted by atomic mass is 16.1. The number of nitrogens with zero attached hydrogens (tertiary/aromatic N) is 1. The molecule has 1 aromatic heterocycles. The molecule has 1 atom stereocenters. The number of nitrogens with two attached hydrogens (primary N) is 1. The summed E-state index contributed by atoms with van der Waals surface area (Å²) in [5.41, 5.74) is 5.49. The van der Waals surface area contributed by atoms with Crippen LogP contribution in [0.1, 0.15) is 26.1 Å². The highest BCUT2D eigenvalue weighted by Crippen LogP contribution is 1.99. The largest absolute Gasteiger partial charge is 0.370 e. The van der Waals surface area contributed by atoms with Crippen LogP contribution in [0, 0.1) is 0 Å². The molecule has 15 heavy (non-hydrogen) atoms. The Morgan fingerprint density at radius 3 is 3.00 bits per heavy atom. The van der Waals surface area contributed by atoms with Crippen molar-refractivity contribution in [3.05, 3.63) is 22.2 Å². The van der Waals surface area contributed by atoms with Crippen LogP contribution in [-0.4, -0.2) is 22.6 Å². The molecule has 0 aliphatic rings. The second kappa shape index (κ2) is 5.50. The van der Waals surface area contributed by atoms with E-state index in [4.69, 9.17) is 5.73 Å². The monoisotopic (exact) mass is 210 g/mol. The summed E-state index contributed by atoms with van der Waals surface area (Å²) in [4.78, 5) is 18.1. The van der Waals surface area contributed by atoms with Gasteiger partial charge in [0, 0.05) is 25.1 Å². The summed E-state index contributed by atoms with van der Waals surface area (Å²) in [6.07, 6.45) is 1.58. The van der Waals surface area contributed by atoms with E-state index in [0.29, 0.717) is 11.6 Å². The van der Waals surface area contributed by atoms with E-state index in [-0.39, 0.29) is 11.6 Å². The van der Waals surface area contributed by atoms with Crippen LogP contribution < -0.4 is 16.6 Å².